The molecule has 7 nitrogen and oxygen atoms in total. The molecule has 2 aromatic heterocycles. The number of aromatic nitrogens is 2. The molecule has 0 aromatic carbocycles. The van der Waals surface area contributed by atoms with Gasteiger partial charge in [-0.15, -0.1) is 0 Å². The molecule has 0 aliphatic carbocycles. The number of alkyl halides is 3. The monoisotopic (exact) mass is 400 g/mol. The summed E-state index contributed by atoms with van der Waals surface area (Å²) in [6.07, 6.45) is -3.50. The summed E-state index contributed by atoms with van der Waals surface area (Å²) in [6, 6.07) is 0. The third-order valence-electron chi connectivity index (χ3n) is 4.39. The highest BCUT2D eigenvalue weighted by Gasteiger charge is 2.38. The Morgan fingerprint density at radius 2 is 1.39 bits per heavy atom. The molecule has 0 aliphatic heterocycles. The zero-order chi connectivity index (χ0) is 21.6. The molecule has 154 valence electrons. The smallest absolute Gasteiger partial charge is 0.356 e. The van der Waals surface area contributed by atoms with Crippen molar-refractivity contribution < 1.29 is 27.6 Å². The highest BCUT2D eigenvalue weighted by atomic mass is 19.4. The minimum Gasteiger partial charge on any atom is -0.356 e. The van der Waals surface area contributed by atoms with E-state index in [9.17, 15) is 27.6 Å². The molecule has 0 fully saturated rings. The molecule has 1 amide bonds. The molecule has 2 aromatic rings. The molecule has 0 atom stereocenters. The van der Waals surface area contributed by atoms with Crippen LogP contribution in [-0.2, 0) is 17.9 Å². The molecule has 10 heteroatoms. The number of nitrogens with one attached hydrogen (secondary N) is 3. The summed E-state index contributed by atoms with van der Waals surface area (Å²) >= 11 is 0. The number of hydrogen-bond donors (Lipinski definition) is 4. The van der Waals surface area contributed by atoms with Gasteiger partial charge in [-0.3, -0.25) is 14.4 Å². The Bertz CT molecular complexity index is 867. The number of aromatic amines is 2. The summed E-state index contributed by atoms with van der Waals surface area (Å²) in [7, 11) is 0. The van der Waals surface area contributed by atoms with Gasteiger partial charge in [0.05, 0.1) is 11.4 Å². The van der Waals surface area contributed by atoms with Crippen LogP contribution in [0.4, 0.5) is 13.2 Å². The van der Waals surface area contributed by atoms with Gasteiger partial charge in [-0.2, -0.15) is 13.2 Å². The van der Waals surface area contributed by atoms with E-state index in [4.69, 9.17) is 5.73 Å². The molecule has 5 N–H and O–H groups in total. The Balaban J connectivity index is 0.000000307. The van der Waals surface area contributed by atoms with E-state index in [0.717, 1.165) is 23.1 Å². The van der Waals surface area contributed by atoms with E-state index < -0.39 is 12.1 Å². The standard InChI is InChI=1S/C10H11F3N2O2.C8H12N2O/c1-5-7(6(2)15-8(5)4-16)3-14-9(17)10(11,12)13;1-5-7(3-9)6(2)10-8(5)4-11/h4,15H,3H2,1-2H3,(H,14,17);4,10H,3,9H2,1-2H3. The Morgan fingerprint density at radius 3 is 1.71 bits per heavy atom. The molecular formula is C18H23F3N4O3. The third kappa shape index (κ3) is 5.32. The second kappa shape index (κ2) is 9.36. The quantitative estimate of drug-likeness (QED) is 0.576. The van der Waals surface area contributed by atoms with Gasteiger partial charge in [0, 0.05) is 24.5 Å². The van der Waals surface area contributed by atoms with Gasteiger partial charge in [0.25, 0.3) is 0 Å². The maximum Gasteiger partial charge on any atom is 0.471 e. The molecule has 0 aliphatic rings. The van der Waals surface area contributed by atoms with Gasteiger partial charge in [0.1, 0.15) is 0 Å². The molecule has 0 bridgehead atoms. The summed E-state index contributed by atoms with van der Waals surface area (Å²) < 4.78 is 35.8. The first-order valence-electron chi connectivity index (χ1n) is 8.29. The zero-order valence-corrected chi connectivity index (χ0v) is 16.0. The largest absolute Gasteiger partial charge is 0.471 e. The van der Waals surface area contributed by atoms with E-state index in [-0.39, 0.29) is 6.54 Å². The maximum atomic E-state index is 11.9. The Morgan fingerprint density at radius 1 is 0.964 bits per heavy atom. The van der Waals surface area contributed by atoms with Crippen LogP contribution in [0.1, 0.15) is 54.6 Å². The van der Waals surface area contributed by atoms with E-state index in [1.54, 1.807) is 19.2 Å². The first-order chi connectivity index (χ1) is 13.0. The lowest BCUT2D eigenvalue weighted by Gasteiger charge is -2.08. The van der Waals surface area contributed by atoms with Crippen LogP contribution < -0.4 is 11.1 Å². The van der Waals surface area contributed by atoms with Gasteiger partial charge in [-0.05, 0) is 49.9 Å². The molecule has 2 rings (SSSR count). The number of aryl methyl sites for hydroxylation is 2. The normalized spacial score (nSPS) is 10.9. The number of hydrogen-bond acceptors (Lipinski definition) is 4. The Kier molecular flexibility index (Phi) is 7.74. The first-order valence-corrected chi connectivity index (χ1v) is 8.29. The maximum absolute atomic E-state index is 11.9. The van der Waals surface area contributed by atoms with Gasteiger partial charge < -0.3 is 21.0 Å². The fourth-order valence-electron chi connectivity index (χ4n) is 2.71. The molecule has 0 saturated carbocycles. The molecule has 0 saturated heterocycles. The van der Waals surface area contributed by atoms with Crippen molar-refractivity contribution in [2.75, 3.05) is 0 Å². The Labute approximate surface area is 159 Å². The van der Waals surface area contributed by atoms with E-state index in [1.807, 2.05) is 13.8 Å². The Hall–Kier alpha value is -2.88. The second-order valence-corrected chi connectivity index (χ2v) is 6.15. The average Bonchev–Trinajstić information content (AvgIpc) is 3.06. The van der Waals surface area contributed by atoms with Crippen molar-refractivity contribution in [3.05, 3.63) is 45.0 Å². The average molecular weight is 400 g/mol. The van der Waals surface area contributed by atoms with E-state index >= 15 is 0 Å². The summed E-state index contributed by atoms with van der Waals surface area (Å²) in [5, 5.41) is 1.76. The van der Waals surface area contributed by atoms with Gasteiger partial charge >= 0.3 is 12.1 Å². The molecule has 0 radical (unpaired) electrons. The summed E-state index contributed by atoms with van der Waals surface area (Å²) in [6.45, 7) is 7.26. The summed E-state index contributed by atoms with van der Waals surface area (Å²) in [5.41, 5.74) is 11.0. The van der Waals surface area contributed by atoms with Gasteiger partial charge in [-0.25, -0.2) is 0 Å². The van der Waals surface area contributed by atoms with Crippen LogP contribution in [0.3, 0.4) is 0 Å². The van der Waals surface area contributed by atoms with Crippen LogP contribution >= 0.6 is 0 Å². The molecule has 2 heterocycles. The number of nitrogens with two attached hydrogens (primary N) is 1. The van der Waals surface area contributed by atoms with Crippen molar-refractivity contribution in [2.45, 2.75) is 47.0 Å². The number of amides is 1. The lowest BCUT2D eigenvalue weighted by atomic mass is 10.1. The molecule has 0 unspecified atom stereocenters. The van der Waals surface area contributed by atoms with Crippen LogP contribution in [0, 0.1) is 27.7 Å². The topological polar surface area (TPSA) is 121 Å². The summed E-state index contributed by atoms with van der Waals surface area (Å²) in [4.78, 5) is 37.3. The van der Waals surface area contributed by atoms with Crippen LogP contribution in [0.25, 0.3) is 0 Å². The first kappa shape index (κ1) is 23.2. The van der Waals surface area contributed by atoms with Crippen molar-refractivity contribution in [1.29, 1.82) is 0 Å². The second-order valence-electron chi connectivity index (χ2n) is 6.15. The fourth-order valence-corrected chi connectivity index (χ4v) is 2.71. The number of H-pyrrole nitrogens is 2. The van der Waals surface area contributed by atoms with Crippen molar-refractivity contribution in [3.63, 3.8) is 0 Å². The molecule has 0 spiro atoms. The zero-order valence-electron chi connectivity index (χ0n) is 16.0. The SMILES string of the molecule is Cc1[nH]c(C=O)c(C)c1CN.Cc1[nH]c(C=O)c(C)c1CNC(=O)C(F)(F)F. The van der Waals surface area contributed by atoms with Gasteiger partial charge in [-0.1, -0.05) is 0 Å². The van der Waals surface area contributed by atoms with E-state index in [1.165, 1.54) is 0 Å². The van der Waals surface area contributed by atoms with Crippen molar-refractivity contribution >= 4 is 18.5 Å². The molecular weight excluding hydrogens is 377 g/mol. The van der Waals surface area contributed by atoms with Crippen molar-refractivity contribution in [1.82, 2.24) is 15.3 Å². The van der Waals surface area contributed by atoms with Crippen LogP contribution in [0.2, 0.25) is 0 Å². The lowest BCUT2D eigenvalue weighted by Crippen LogP contribution is -2.36. The van der Waals surface area contributed by atoms with Crippen LogP contribution in [0.15, 0.2) is 0 Å². The third-order valence-corrected chi connectivity index (χ3v) is 4.39. The van der Waals surface area contributed by atoms with Gasteiger partial charge in [0.15, 0.2) is 12.6 Å². The van der Waals surface area contributed by atoms with Gasteiger partial charge in [0.2, 0.25) is 0 Å². The molecule has 28 heavy (non-hydrogen) atoms. The predicted molar refractivity (Wildman–Crippen MR) is 97.1 cm³/mol. The van der Waals surface area contributed by atoms with E-state index in [2.05, 4.69) is 9.97 Å². The predicted octanol–water partition coefficient (Wildman–Crippen LogP) is 2.53. The van der Waals surface area contributed by atoms with Crippen molar-refractivity contribution in [2.24, 2.45) is 5.73 Å². The highest BCUT2D eigenvalue weighted by Crippen LogP contribution is 2.18. The lowest BCUT2D eigenvalue weighted by molar-refractivity contribution is -0.173. The highest BCUT2D eigenvalue weighted by molar-refractivity contribution is 5.82. The number of carbonyl (C=O) groups excluding carboxylic acids is 3. The van der Waals surface area contributed by atoms with Crippen molar-refractivity contribution in [3.8, 4) is 0 Å². The summed E-state index contributed by atoms with van der Waals surface area (Å²) in [5.74, 6) is -2.00. The van der Waals surface area contributed by atoms with E-state index in [0.29, 0.717) is 41.0 Å². The minimum atomic E-state index is -4.90. The van der Waals surface area contributed by atoms with Crippen LogP contribution in [0.5, 0.6) is 0 Å². The fraction of sp³-hybridized carbons (Fsp3) is 0.389. The number of aldehydes is 2. The number of rotatable bonds is 5. The number of halogens is 3. The number of carbonyl (C=O) groups is 3. The van der Waals surface area contributed by atoms with Crippen LogP contribution in [-0.4, -0.2) is 34.6 Å². The minimum absolute atomic E-state index is 0.264.